The molecule has 1 aromatic heterocycles. The van der Waals surface area contributed by atoms with Crippen molar-refractivity contribution in [1.29, 1.82) is 0 Å². The maximum absolute atomic E-state index is 5.37. The van der Waals surface area contributed by atoms with E-state index in [-0.39, 0.29) is 0 Å². The number of nitrogens with two attached hydrogens (primary N) is 1. The summed E-state index contributed by atoms with van der Waals surface area (Å²) < 4.78 is 2.00. The molecule has 0 bridgehead atoms. The molecule has 0 fully saturated rings. The predicted octanol–water partition coefficient (Wildman–Crippen LogP) is 0.230. The van der Waals surface area contributed by atoms with Crippen LogP contribution in [0.15, 0.2) is 6.20 Å². The maximum atomic E-state index is 5.37. The lowest BCUT2D eigenvalue weighted by atomic mass is 10.3. The monoisotopic (exact) mass is 139 g/mol. The molecule has 10 heavy (non-hydrogen) atoms. The van der Waals surface area contributed by atoms with Gasteiger partial charge >= 0.3 is 0 Å². The van der Waals surface area contributed by atoms with Gasteiger partial charge in [-0.15, -0.1) is 0 Å². The van der Waals surface area contributed by atoms with E-state index in [0.29, 0.717) is 6.54 Å². The normalized spacial score (nSPS) is 10.3. The van der Waals surface area contributed by atoms with Gasteiger partial charge in [-0.05, 0) is 13.5 Å². The number of imidazole rings is 1. The molecule has 0 saturated carbocycles. The minimum absolute atomic E-state index is 0.677. The number of hydrogen-bond acceptors (Lipinski definition) is 2. The van der Waals surface area contributed by atoms with Crippen molar-refractivity contribution in [3.8, 4) is 0 Å². The molecule has 0 atom stereocenters. The Kier molecular flexibility index (Phi) is 2.06. The molecular weight excluding hydrogens is 126 g/mol. The highest BCUT2D eigenvalue weighted by Gasteiger charge is 1.97. The standard InChI is InChI=1S/C7H13N3/c1-6-9-7(3-4-8)5-10(6)2/h5H,3-4,8H2,1-2H3. The number of rotatable bonds is 2. The third-order valence-corrected chi connectivity index (χ3v) is 1.56. The average molecular weight is 139 g/mol. The van der Waals surface area contributed by atoms with Crippen LogP contribution in [0.1, 0.15) is 11.5 Å². The maximum Gasteiger partial charge on any atom is 0.105 e. The van der Waals surface area contributed by atoms with Crippen LogP contribution in [0, 0.1) is 6.92 Å². The highest BCUT2D eigenvalue weighted by atomic mass is 15.0. The van der Waals surface area contributed by atoms with Crippen LogP contribution in [-0.2, 0) is 13.5 Å². The molecule has 0 radical (unpaired) electrons. The Morgan fingerprint density at radius 3 is 2.80 bits per heavy atom. The molecule has 0 aliphatic heterocycles. The second-order valence-corrected chi connectivity index (χ2v) is 2.43. The predicted molar refractivity (Wildman–Crippen MR) is 40.7 cm³/mol. The third-order valence-electron chi connectivity index (χ3n) is 1.56. The van der Waals surface area contributed by atoms with Crippen molar-refractivity contribution in [3.05, 3.63) is 17.7 Å². The zero-order valence-corrected chi connectivity index (χ0v) is 6.46. The quantitative estimate of drug-likeness (QED) is 0.637. The second-order valence-electron chi connectivity index (χ2n) is 2.43. The van der Waals surface area contributed by atoms with Crippen molar-refractivity contribution in [2.75, 3.05) is 6.54 Å². The lowest BCUT2D eigenvalue weighted by Gasteiger charge is -1.87. The Morgan fingerprint density at radius 2 is 2.40 bits per heavy atom. The summed E-state index contributed by atoms with van der Waals surface area (Å²) >= 11 is 0. The minimum atomic E-state index is 0.677. The van der Waals surface area contributed by atoms with Gasteiger partial charge in [0.05, 0.1) is 5.69 Å². The van der Waals surface area contributed by atoms with Crippen molar-refractivity contribution >= 4 is 0 Å². The van der Waals surface area contributed by atoms with Gasteiger partial charge in [-0.1, -0.05) is 0 Å². The molecule has 1 aromatic rings. The zero-order chi connectivity index (χ0) is 7.56. The van der Waals surface area contributed by atoms with E-state index in [0.717, 1.165) is 17.9 Å². The summed E-state index contributed by atoms with van der Waals surface area (Å²) in [5.41, 5.74) is 6.46. The summed E-state index contributed by atoms with van der Waals surface area (Å²) in [6.45, 7) is 2.66. The van der Waals surface area contributed by atoms with Crippen LogP contribution < -0.4 is 5.73 Å². The second kappa shape index (κ2) is 2.84. The lowest BCUT2D eigenvalue weighted by molar-refractivity contribution is 0.858. The smallest absolute Gasteiger partial charge is 0.105 e. The van der Waals surface area contributed by atoms with E-state index in [1.54, 1.807) is 0 Å². The number of nitrogens with zero attached hydrogens (tertiary/aromatic N) is 2. The van der Waals surface area contributed by atoms with Crippen LogP contribution in [0.4, 0.5) is 0 Å². The summed E-state index contributed by atoms with van der Waals surface area (Å²) in [5.74, 6) is 1.04. The summed E-state index contributed by atoms with van der Waals surface area (Å²) in [5, 5.41) is 0. The summed E-state index contributed by atoms with van der Waals surface area (Å²) in [6, 6.07) is 0. The highest BCUT2D eigenvalue weighted by molar-refractivity contribution is 5.02. The summed E-state index contributed by atoms with van der Waals surface area (Å²) in [4.78, 5) is 4.28. The van der Waals surface area contributed by atoms with Crippen LogP contribution in [0.3, 0.4) is 0 Å². The Hall–Kier alpha value is -0.830. The molecule has 0 aliphatic carbocycles. The summed E-state index contributed by atoms with van der Waals surface area (Å²) in [6.07, 6.45) is 2.89. The number of aryl methyl sites for hydroxylation is 2. The molecule has 3 heteroatoms. The van der Waals surface area contributed by atoms with E-state index < -0.39 is 0 Å². The number of hydrogen-bond donors (Lipinski definition) is 1. The van der Waals surface area contributed by atoms with Gasteiger partial charge < -0.3 is 10.3 Å². The Bertz CT molecular complexity index is 195. The van der Waals surface area contributed by atoms with Gasteiger partial charge in [0.1, 0.15) is 5.82 Å². The molecular formula is C7H13N3. The summed E-state index contributed by atoms with van der Waals surface area (Å²) in [7, 11) is 1.99. The van der Waals surface area contributed by atoms with Gasteiger partial charge in [-0.3, -0.25) is 0 Å². The van der Waals surface area contributed by atoms with E-state index in [1.165, 1.54) is 0 Å². The zero-order valence-electron chi connectivity index (χ0n) is 6.46. The SMILES string of the molecule is Cc1nc(CCN)cn1C. The van der Waals surface area contributed by atoms with E-state index in [1.807, 2.05) is 24.7 Å². The largest absolute Gasteiger partial charge is 0.338 e. The molecule has 1 rings (SSSR count). The fourth-order valence-electron chi connectivity index (χ4n) is 0.901. The van der Waals surface area contributed by atoms with Gasteiger partial charge in [-0.25, -0.2) is 4.98 Å². The molecule has 2 N–H and O–H groups in total. The molecule has 0 spiro atoms. The van der Waals surface area contributed by atoms with Crippen LogP contribution in [0.25, 0.3) is 0 Å². The van der Waals surface area contributed by atoms with E-state index in [9.17, 15) is 0 Å². The fraction of sp³-hybridized carbons (Fsp3) is 0.571. The highest BCUT2D eigenvalue weighted by Crippen LogP contribution is 1.98. The van der Waals surface area contributed by atoms with Crippen molar-refractivity contribution < 1.29 is 0 Å². The average Bonchev–Trinajstić information content (AvgIpc) is 2.14. The van der Waals surface area contributed by atoms with E-state index in [2.05, 4.69) is 4.98 Å². The van der Waals surface area contributed by atoms with Gasteiger partial charge in [0.25, 0.3) is 0 Å². The molecule has 1 heterocycles. The Labute approximate surface area is 60.9 Å². The van der Waals surface area contributed by atoms with Crippen LogP contribution in [-0.4, -0.2) is 16.1 Å². The van der Waals surface area contributed by atoms with Crippen LogP contribution in [0.5, 0.6) is 0 Å². The topological polar surface area (TPSA) is 43.8 Å². The van der Waals surface area contributed by atoms with Crippen LogP contribution in [0.2, 0.25) is 0 Å². The molecule has 0 aromatic carbocycles. The third kappa shape index (κ3) is 1.36. The fourth-order valence-corrected chi connectivity index (χ4v) is 0.901. The van der Waals surface area contributed by atoms with Crippen molar-refractivity contribution in [2.24, 2.45) is 12.8 Å². The molecule has 0 amide bonds. The molecule has 0 unspecified atom stereocenters. The molecule has 3 nitrogen and oxygen atoms in total. The van der Waals surface area contributed by atoms with Gasteiger partial charge in [0, 0.05) is 19.7 Å². The Morgan fingerprint density at radius 1 is 1.70 bits per heavy atom. The van der Waals surface area contributed by atoms with Crippen molar-refractivity contribution in [3.63, 3.8) is 0 Å². The molecule has 0 aliphatic rings. The first-order valence-electron chi connectivity index (χ1n) is 3.43. The lowest BCUT2D eigenvalue weighted by Crippen LogP contribution is -2.02. The first-order valence-corrected chi connectivity index (χ1v) is 3.43. The minimum Gasteiger partial charge on any atom is -0.338 e. The van der Waals surface area contributed by atoms with Gasteiger partial charge in [-0.2, -0.15) is 0 Å². The number of aromatic nitrogens is 2. The van der Waals surface area contributed by atoms with Gasteiger partial charge in [0.15, 0.2) is 0 Å². The van der Waals surface area contributed by atoms with Crippen LogP contribution >= 0.6 is 0 Å². The van der Waals surface area contributed by atoms with E-state index >= 15 is 0 Å². The molecule has 0 saturated heterocycles. The molecule has 56 valence electrons. The Balaban J connectivity index is 2.77. The van der Waals surface area contributed by atoms with Crippen molar-refractivity contribution in [2.45, 2.75) is 13.3 Å². The first-order chi connectivity index (χ1) is 4.74. The first kappa shape index (κ1) is 7.28. The van der Waals surface area contributed by atoms with Gasteiger partial charge in [0.2, 0.25) is 0 Å². The van der Waals surface area contributed by atoms with Crippen molar-refractivity contribution in [1.82, 2.24) is 9.55 Å². The van der Waals surface area contributed by atoms with E-state index in [4.69, 9.17) is 5.73 Å².